The number of esters is 1. The Bertz CT molecular complexity index is 608. The van der Waals surface area contributed by atoms with Crippen molar-refractivity contribution in [2.45, 2.75) is 75.8 Å². The maximum atomic E-state index is 11.5. The Morgan fingerprint density at radius 2 is 2.04 bits per heavy atom. The molecule has 5 aliphatic rings. The zero-order valence-electron chi connectivity index (χ0n) is 14.0. The molecule has 0 aromatic heterocycles. The molecule has 8 unspecified atom stereocenters. The summed E-state index contributed by atoms with van der Waals surface area (Å²) >= 11 is 0. The minimum Gasteiger partial charge on any atom is -0.459 e. The summed E-state index contributed by atoms with van der Waals surface area (Å²) in [5.41, 5.74) is -1.13. The fourth-order valence-electron chi connectivity index (χ4n) is 5.89. The van der Waals surface area contributed by atoms with Crippen molar-refractivity contribution in [2.75, 3.05) is 6.61 Å². The summed E-state index contributed by atoms with van der Waals surface area (Å²) in [7, 11) is 0. The van der Waals surface area contributed by atoms with Gasteiger partial charge in [-0.1, -0.05) is 13.8 Å². The van der Waals surface area contributed by atoms with Crippen molar-refractivity contribution in [3.05, 3.63) is 0 Å². The molecule has 0 aromatic carbocycles. The van der Waals surface area contributed by atoms with Crippen LogP contribution in [0.15, 0.2) is 0 Å². The molecule has 0 aromatic rings. The summed E-state index contributed by atoms with van der Waals surface area (Å²) in [5.74, 6) is -1.14. The Morgan fingerprint density at radius 1 is 1.30 bits per heavy atom. The number of rotatable bonds is 1. The summed E-state index contributed by atoms with van der Waals surface area (Å²) in [6.45, 7) is 8.26. The van der Waals surface area contributed by atoms with Crippen molar-refractivity contribution in [3.8, 4) is 0 Å². The molecule has 1 spiro atoms. The van der Waals surface area contributed by atoms with Gasteiger partial charge in [-0.3, -0.25) is 4.79 Å². The average Bonchev–Trinajstić information content (AvgIpc) is 3.33. The predicted octanol–water partition coefficient (Wildman–Crippen LogP) is 0.998. The molecule has 0 radical (unpaired) electrons. The highest BCUT2D eigenvalue weighted by Gasteiger charge is 2.87. The van der Waals surface area contributed by atoms with Crippen LogP contribution in [0.2, 0.25) is 0 Å². The molecule has 3 heterocycles. The first kappa shape index (κ1) is 14.6. The van der Waals surface area contributed by atoms with Crippen LogP contribution in [-0.2, 0) is 23.7 Å². The lowest BCUT2D eigenvalue weighted by atomic mass is 9.51. The van der Waals surface area contributed by atoms with E-state index in [0.717, 1.165) is 0 Å². The standard InChI is InChI=1S/C17H24O6/c1-8-11(21-9(2)18)13-12(22-13)10-5-17(19)16(6-14(8,10)3)15(4,23-16)7-20-17/h8,10-13,19H,5-7H2,1-4H3/t8?,10?,11?,12?,13?,14-,15?,16?,17?/m1/s1. The Morgan fingerprint density at radius 3 is 2.70 bits per heavy atom. The Labute approximate surface area is 135 Å². The normalized spacial score (nSPS) is 65.0. The number of hydrogen-bond donors (Lipinski definition) is 1. The molecule has 3 saturated heterocycles. The number of epoxide rings is 2. The lowest BCUT2D eigenvalue weighted by molar-refractivity contribution is -0.280. The number of fused-ring (bicyclic) bond motifs is 3. The Kier molecular flexibility index (Phi) is 2.40. The third kappa shape index (κ3) is 1.48. The van der Waals surface area contributed by atoms with Gasteiger partial charge in [0.15, 0.2) is 11.4 Å². The summed E-state index contributed by atoms with van der Waals surface area (Å²) in [5, 5.41) is 11.1. The van der Waals surface area contributed by atoms with Crippen LogP contribution in [0.4, 0.5) is 0 Å². The van der Waals surface area contributed by atoms with Crippen LogP contribution in [0.25, 0.3) is 0 Å². The highest BCUT2D eigenvalue weighted by molar-refractivity contribution is 5.66. The van der Waals surface area contributed by atoms with Gasteiger partial charge in [0.2, 0.25) is 0 Å². The number of aliphatic hydroxyl groups is 1. The van der Waals surface area contributed by atoms with Gasteiger partial charge in [0.1, 0.15) is 17.8 Å². The first-order valence-corrected chi connectivity index (χ1v) is 8.55. The van der Waals surface area contributed by atoms with E-state index in [1.165, 1.54) is 6.92 Å². The van der Waals surface area contributed by atoms with Gasteiger partial charge in [-0.05, 0) is 24.7 Å². The quantitative estimate of drug-likeness (QED) is 0.572. The summed E-state index contributed by atoms with van der Waals surface area (Å²) < 4.78 is 23.3. The van der Waals surface area contributed by atoms with Crippen LogP contribution in [0.5, 0.6) is 0 Å². The third-order valence-electron chi connectivity index (χ3n) is 7.52. The van der Waals surface area contributed by atoms with Crippen molar-refractivity contribution >= 4 is 5.97 Å². The second-order valence-electron chi connectivity index (χ2n) is 8.65. The Balaban J connectivity index is 1.52. The molecular weight excluding hydrogens is 300 g/mol. The minimum absolute atomic E-state index is 0.0381. The number of carbonyl (C=O) groups is 1. The predicted molar refractivity (Wildman–Crippen MR) is 77.3 cm³/mol. The SMILES string of the molecule is CC(=O)OC1C2OC2C2CC3(O)OCC4(C)OC43C[C@]2(C)C1C. The van der Waals surface area contributed by atoms with Gasteiger partial charge >= 0.3 is 5.97 Å². The zero-order valence-corrected chi connectivity index (χ0v) is 14.0. The molecule has 23 heavy (non-hydrogen) atoms. The number of carbonyl (C=O) groups excluding carboxylic acids is 1. The summed E-state index contributed by atoms with van der Waals surface area (Å²) in [6, 6.07) is 0. The molecule has 128 valence electrons. The zero-order chi connectivity index (χ0) is 16.4. The number of hydrogen-bond acceptors (Lipinski definition) is 6. The molecule has 0 amide bonds. The molecule has 5 rings (SSSR count). The van der Waals surface area contributed by atoms with Crippen LogP contribution >= 0.6 is 0 Å². The summed E-state index contributed by atoms with van der Waals surface area (Å²) in [6.07, 6.45) is 1.02. The van der Waals surface area contributed by atoms with E-state index in [4.69, 9.17) is 18.9 Å². The van der Waals surface area contributed by atoms with Crippen molar-refractivity contribution in [2.24, 2.45) is 17.3 Å². The highest BCUT2D eigenvalue weighted by atomic mass is 16.8. The lowest BCUT2D eigenvalue weighted by Gasteiger charge is -2.54. The molecule has 2 saturated carbocycles. The van der Waals surface area contributed by atoms with Gasteiger partial charge in [-0.25, -0.2) is 0 Å². The summed E-state index contributed by atoms with van der Waals surface area (Å²) in [4.78, 5) is 11.5. The van der Waals surface area contributed by atoms with E-state index in [0.29, 0.717) is 19.4 Å². The van der Waals surface area contributed by atoms with Gasteiger partial charge < -0.3 is 24.1 Å². The molecule has 1 N–H and O–H groups in total. The van der Waals surface area contributed by atoms with E-state index in [2.05, 4.69) is 13.8 Å². The van der Waals surface area contributed by atoms with Gasteiger partial charge in [-0.2, -0.15) is 0 Å². The van der Waals surface area contributed by atoms with E-state index in [1.807, 2.05) is 6.92 Å². The fraction of sp³-hybridized carbons (Fsp3) is 0.941. The van der Waals surface area contributed by atoms with Crippen molar-refractivity contribution < 1.29 is 28.8 Å². The second kappa shape index (κ2) is 3.77. The molecule has 9 atom stereocenters. The van der Waals surface area contributed by atoms with Gasteiger partial charge in [0.25, 0.3) is 0 Å². The Hall–Kier alpha value is -0.690. The molecule has 6 heteroatoms. The van der Waals surface area contributed by atoms with Crippen molar-refractivity contribution in [3.63, 3.8) is 0 Å². The molecule has 3 aliphatic heterocycles. The van der Waals surface area contributed by atoms with Crippen LogP contribution in [0.1, 0.15) is 40.5 Å². The van der Waals surface area contributed by atoms with E-state index in [-0.39, 0.29) is 41.5 Å². The van der Waals surface area contributed by atoms with E-state index in [9.17, 15) is 9.90 Å². The van der Waals surface area contributed by atoms with E-state index < -0.39 is 17.0 Å². The molecular formula is C17H24O6. The highest BCUT2D eigenvalue weighted by Crippen LogP contribution is 2.73. The largest absolute Gasteiger partial charge is 0.459 e. The number of ether oxygens (including phenoxy) is 4. The molecule has 5 fully saturated rings. The maximum Gasteiger partial charge on any atom is 0.303 e. The second-order valence-corrected chi connectivity index (χ2v) is 8.65. The fourth-order valence-corrected chi connectivity index (χ4v) is 5.89. The lowest BCUT2D eigenvalue weighted by Crippen LogP contribution is -2.63. The van der Waals surface area contributed by atoms with Crippen LogP contribution in [-0.4, -0.2) is 53.0 Å². The van der Waals surface area contributed by atoms with Crippen molar-refractivity contribution in [1.82, 2.24) is 0 Å². The first-order valence-electron chi connectivity index (χ1n) is 8.55. The molecule has 0 bridgehead atoms. The molecule has 6 nitrogen and oxygen atoms in total. The maximum absolute atomic E-state index is 11.5. The molecule has 2 aliphatic carbocycles. The topological polar surface area (TPSA) is 80.8 Å². The van der Waals surface area contributed by atoms with E-state index >= 15 is 0 Å². The monoisotopic (exact) mass is 324 g/mol. The van der Waals surface area contributed by atoms with Crippen LogP contribution < -0.4 is 0 Å². The first-order chi connectivity index (χ1) is 10.7. The van der Waals surface area contributed by atoms with Gasteiger partial charge in [0.05, 0.1) is 12.7 Å². The van der Waals surface area contributed by atoms with Gasteiger partial charge in [-0.15, -0.1) is 0 Å². The van der Waals surface area contributed by atoms with Gasteiger partial charge in [0, 0.05) is 19.3 Å². The average molecular weight is 324 g/mol. The smallest absolute Gasteiger partial charge is 0.303 e. The van der Waals surface area contributed by atoms with Crippen LogP contribution in [0, 0.1) is 17.3 Å². The third-order valence-corrected chi connectivity index (χ3v) is 7.52. The van der Waals surface area contributed by atoms with Crippen LogP contribution in [0.3, 0.4) is 0 Å². The van der Waals surface area contributed by atoms with Crippen molar-refractivity contribution in [1.29, 1.82) is 0 Å². The van der Waals surface area contributed by atoms with E-state index in [1.54, 1.807) is 0 Å². The minimum atomic E-state index is -1.21.